The normalized spacial score (nSPS) is 23.4. The van der Waals surface area contributed by atoms with E-state index in [2.05, 4.69) is 0 Å². The average molecular weight is 214 g/mol. The van der Waals surface area contributed by atoms with Gasteiger partial charge >= 0.3 is 12.0 Å². The van der Waals surface area contributed by atoms with E-state index in [-0.39, 0.29) is 12.1 Å². The van der Waals surface area contributed by atoms with Crippen LogP contribution in [0.15, 0.2) is 0 Å². The van der Waals surface area contributed by atoms with Gasteiger partial charge in [-0.2, -0.15) is 0 Å². The highest BCUT2D eigenvalue weighted by Gasteiger charge is 2.39. The first-order valence-electron chi connectivity index (χ1n) is 5.23. The second-order valence-corrected chi connectivity index (χ2v) is 4.05. The van der Waals surface area contributed by atoms with Crippen molar-refractivity contribution < 1.29 is 14.7 Å². The Bertz CT molecular complexity index is 267. The lowest BCUT2D eigenvalue weighted by Crippen LogP contribution is -2.41. The van der Waals surface area contributed by atoms with Gasteiger partial charge in [0.15, 0.2) is 0 Å². The summed E-state index contributed by atoms with van der Waals surface area (Å²) in [5, 5.41) is 8.94. The average Bonchev–Trinajstić information content (AvgIpc) is 2.45. The number of aliphatic carboxylic acids is 1. The number of rotatable bonds is 4. The molecular weight excluding hydrogens is 196 g/mol. The van der Waals surface area contributed by atoms with Crippen molar-refractivity contribution in [3.63, 3.8) is 0 Å². The molecule has 1 aliphatic heterocycles. The maximum Gasteiger partial charge on any atom is 0.320 e. The Kier molecular flexibility index (Phi) is 3.55. The molecule has 0 aromatic carbocycles. The second kappa shape index (κ2) is 4.51. The molecule has 1 aliphatic rings. The summed E-state index contributed by atoms with van der Waals surface area (Å²) in [6.07, 6.45) is 0.850. The maximum absolute atomic E-state index is 11.7. The first kappa shape index (κ1) is 11.8. The predicted octanol–water partition coefficient (Wildman–Crippen LogP) is 0.853. The van der Waals surface area contributed by atoms with E-state index < -0.39 is 11.9 Å². The summed E-state index contributed by atoms with van der Waals surface area (Å²) in [6, 6.07) is -0.255. The highest BCUT2D eigenvalue weighted by Crippen LogP contribution is 2.21. The van der Waals surface area contributed by atoms with Gasteiger partial charge in [0.25, 0.3) is 0 Å². The lowest BCUT2D eigenvalue weighted by Gasteiger charge is -2.25. The van der Waals surface area contributed by atoms with Crippen LogP contribution in [0.1, 0.15) is 20.3 Å². The fraction of sp³-hybridized carbons (Fsp3) is 0.800. The molecule has 0 aromatic heterocycles. The molecule has 1 rings (SSSR count). The number of carboxylic acids is 1. The van der Waals surface area contributed by atoms with Crippen LogP contribution in [0.2, 0.25) is 0 Å². The fourth-order valence-corrected chi connectivity index (χ4v) is 1.91. The van der Waals surface area contributed by atoms with E-state index in [0.29, 0.717) is 13.1 Å². The SMILES string of the molecule is CCCN1C(=O)N(C)CC1[C@@H](C)C(=O)O. The lowest BCUT2D eigenvalue weighted by molar-refractivity contribution is -0.142. The summed E-state index contributed by atoms with van der Waals surface area (Å²) in [5.74, 6) is -1.35. The molecule has 0 aromatic rings. The summed E-state index contributed by atoms with van der Waals surface area (Å²) in [7, 11) is 1.71. The first-order chi connectivity index (χ1) is 6.99. The van der Waals surface area contributed by atoms with Crippen molar-refractivity contribution in [3.05, 3.63) is 0 Å². The summed E-state index contributed by atoms with van der Waals surface area (Å²) in [5.41, 5.74) is 0. The number of hydrogen-bond acceptors (Lipinski definition) is 2. The molecule has 0 radical (unpaired) electrons. The smallest absolute Gasteiger partial charge is 0.320 e. The molecule has 1 unspecified atom stereocenters. The minimum atomic E-state index is -0.843. The van der Waals surface area contributed by atoms with E-state index in [9.17, 15) is 9.59 Å². The van der Waals surface area contributed by atoms with Gasteiger partial charge in [0.05, 0.1) is 12.0 Å². The van der Waals surface area contributed by atoms with Crippen molar-refractivity contribution in [2.75, 3.05) is 20.1 Å². The molecule has 1 heterocycles. The molecule has 5 nitrogen and oxygen atoms in total. The van der Waals surface area contributed by atoms with Crippen LogP contribution in [-0.2, 0) is 4.79 Å². The van der Waals surface area contributed by atoms with Gasteiger partial charge in [0, 0.05) is 20.1 Å². The molecule has 2 amide bonds. The molecule has 0 saturated carbocycles. The zero-order valence-corrected chi connectivity index (χ0v) is 9.43. The van der Waals surface area contributed by atoms with Gasteiger partial charge in [0.1, 0.15) is 0 Å². The van der Waals surface area contributed by atoms with Crippen molar-refractivity contribution >= 4 is 12.0 Å². The van der Waals surface area contributed by atoms with Gasteiger partial charge in [-0.25, -0.2) is 4.79 Å². The van der Waals surface area contributed by atoms with E-state index in [4.69, 9.17) is 5.11 Å². The van der Waals surface area contributed by atoms with E-state index in [0.717, 1.165) is 6.42 Å². The molecule has 0 bridgehead atoms. The number of carboxylic acid groups (broad SMARTS) is 1. The summed E-state index contributed by atoms with van der Waals surface area (Å²) >= 11 is 0. The fourth-order valence-electron chi connectivity index (χ4n) is 1.91. The van der Waals surface area contributed by atoms with Gasteiger partial charge in [-0.15, -0.1) is 0 Å². The molecule has 1 N–H and O–H groups in total. The third kappa shape index (κ3) is 2.22. The third-order valence-corrected chi connectivity index (χ3v) is 2.86. The van der Waals surface area contributed by atoms with Gasteiger partial charge in [-0.3, -0.25) is 4.79 Å². The van der Waals surface area contributed by atoms with Crippen LogP contribution < -0.4 is 0 Å². The topological polar surface area (TPSA) is 60.9 Å². The molecule has 0 spiro atoms. The van der Waals surface area contributed by atoms with Crippen LogP contribution >= 0.6 is 0 Å². The summed E-state index contributed by atoms with van der Waals surface area (Å²) in [4.78, 5) is 25.8. The summed E-state index contributed by atoms with van der Waals surface area (Å²) in [6.45, 7) is 4.77. The number of likely N-dealkylation sites (N-methyl/N-ethyl adjacent to an activating group) is 1. The predicted molar refractivity (Wildman–Crippen MR) is 55.6 cm³/mol. The van der Waals surface area contributed by atoms with E-state index in [1.54, 1.807) is 23.8 Å². The van der Waals surface area contributed by atoms with Gasteiger partial charge in [-0.05, 0) is 13.3 Å². The van der Waals surface area contributed by atoms with Crippen LogP contribution in [0.4, 0.5) is 4.79 Å². The molecule has 1 saturated heterocycles. The zero-order valence-electron chi connectivity index (χ0n) is 9.43. The Morgan fingerprint density at radius 3 is 2.73 bits per heavy atom. The molecule has 0 aliphatic carbocycles. The molecule has 2 atom stereocenters. The third-order valence-electron chi connectivity index (χ3n) is 2.86. The van der Waals surface area contributed by atoms with E-state index in [1.165, 1.54) is 0 Å². The van der Waals surface area contributed by atoms with Crippen LogP contribution in [0, 0.1) is 5.92 Å². The molecule has 15 heavy (non-hydrogen) atoms. The van der Waals surface area contributed by atoms with Crippen LogP contribution in [0.5, 0.6) is 0 Å². The highest BCUT2D eigenvalue weighted by molar-refractivity contribution is 5.79. The Balaban J connectivity index is 2.78. The quantitative estimate of drug-likeness (QED) is 0.754. The van der Waals surface area contributed by atoms with Crippen molar-refractivity contribution in [2.45, 2.75) is 26.3 Å². The van der Waals surface area contributed by atoms with Crippen molar-refractivity contribution in [1.82, 2.24) is 9.80 Å². The van der Waals surface area contributed by atoms with E-state index in [1.807, 2.05) is 6.92 Å². The van der Waals surface area contributed by atoms with Crippen LogP contribution in [0.3, 0.4) is 0 Å². The summed E-state index contributed by atoms with van der Waals surface area (Å²) < 4.78 is 0. The van der Waals surface area contributed by atoms with Crippen molar-refractivity contribution in [3.8, 4) is 0 Å². The van der Waals surface area contributed by atoms with Crippen LogP contribution in [-0.4, -0.2) is 53.1 Å². The lowest BCUT2D eigenvalue weighted by atomic mass is 10.0. The number of nitrogens with zero attached hydrogens (tertiary/aromatic N) is 2. The van der Waals surface area contributed by atoms with Gasteiger partial charge in [-0.1, -0.05) is 6.92 Å². The molecular formula is C10H18N2O3. The number of carbonyl (C=O) groups excluding carboxylic acids is 1. The standard InChI is InChI=1S/C10H18N2O3/c1-4-5-12-8(7(2)9(13)14)6-11(3)10(12)15/h7-8H,4-6H2,1-3H3,(H,13,14)/t7-,8?/m1/s1. The Morgan fingerprint density at radius 2 is 2.27 bits per heavy atom. The minimum Gasteiger partial charge on any atom is -0.481 e. The number of urea groups is 1. The Labute approximate surface area is 89.7 Å². The molecule has 1 fully saturated rings. The zero-order chi connectivity index (χ0) is 11.6. The first-order valence-corrected chi connectivity index (χ1v) is 5.23. The number of amides is 2. The number of hydrogen-bond donors (Lipinski definition) is 1. The van der Waals surface area contributed by atoms with Gasteiger partial charge < -0.3 is 14.9 Å². The second-order valence-electron chi connectivity index (χ2n) is 4.05. The monoisotopic (exact) mass is 214 g/mol. The number of carbonyl (C=O) groups is 2. The minimum absolute atomic E-state index is 0.0602. The van der Waals surface area contributed by atoms with Gasteiger partial charge in [0.2, 0.25) is 0 Å². The largest absolute Gasteiger partial charge is 0.481 e. The molecule has 86 valence electrons. The highest BCUT2D eigenvalue weighted by atomic mass is 16.4. The van der Waals surface area contributed by atoms with Crippen molar-refractivity contribution in [1.29, 1.82) is 0 Å². The Hall–Kier alpha value is -1.26. The van der Waals surface area contributed by atoms with Crippen molar-refractivity contribution in [2.24, 2.45) is 5.92 Å². The maximum atomic E-state index is 11.7. The van der Waals surface area contributed by atoms with Crippen LogP contribution in [0.25, 0.3) is 0 Å². The van der Waals surface area contributed by atoms with E-state index >= 15 is 0 Å². The Morgan fingerprint density at radius 1 is 1.67 bits per heavy atom. The molecule has 5 heteroatoms.